The number of carbonyl (C=O) groups is 1. The SMILES string of the molecule is O=C(OCc1nc(-c2ccsc2)no1)c1cc2cc(F)ccc2s1. The third-order valence-corrected chi connectivity index (χ3v) is 5.03. The molecular weight excluding hydrogens is 351 g/mol. The van der Waals surface area contributed by atoms with Crippen molar-refractivity contribution in [2.45, 2.75) is 6.61 Å². The lowest BCUT2D eigenvalue weighted by Gasteiger charge is -1.98. The molecule has 0 amide bonds. The van der Waals surface area contributed by atoms with Crippen LogP contribution in [0.1, 0.15) is 15.6 Å². The van der Waals surface area contributed by atoms with Crippen LogP contribution >= 0.6 is 22.7 Å². The lowest BCUT2D eigenvalue weighted by Crippen LogP contribution is -2.03. The zero-order valence-electron chi connectivity index (χ0n) is 12.1. The number of ether oxygens (including phenoxy) is 1. The van der Waals surface area contributed by atoms with Gasteiger partial charge in [-0.3, -0.25) is 0 Å². The van der Waals surface area contributed by atoms with Crippen molar-refractivity contribution in [1.29, 1.82) is 0 Å². The van der Waals surface area contributed by atoms with Gasteiger partial charge in [-0.25, -0.2) is 9.18 Å². The second kappa shape index (κ2) is 6.14. The average Bonchev–Trinajstić information content (AvgIpc) is 3.30. The first kappa shape index (κ1) is 15.0. The molecule has 5 nitrogen and oxygen atoms in total. The lowest BCUT2D eigenvalue weighted by molar-refractivity contribution is 0.0435. The molecule has 0 atom stereocenters. The largest absolute Gasteiger partial charge is 0.451 e. The van der Waals surface area contributed by atoms with Gasteiger partial charge in [0.05, 0.1) is 0 Å². The van der Waals surface area contributed by atoms with Crippen LogP contribution in [0.25, 0.3) is 21.5 Å². The topological polar surface area (TPSA) is 65.2 Å². The summed E-state index contributed by atoms with van der Waals surface area (Å²) in [5.41, 5.74) is 0.854. The predicted molar refractivity (Wildman–Crippen MR) is 88.5 cm³/mol. The minimum absolute atomic E-state index is 0.113. The van der Waals surface area contributed by atoms with Crippen LogP contribution in [-0.2, 0) is 11.3 Å². The molecule has 1 aromatic carbocycles. The summed E-state index contributed by atoms with van der Waals surface area (Å²) in [6, 6.07) is 7.86. The van der Waals surface area contributed by atoms with Gasteiger partial charge in [0.25, 0.3) is 5.89 Å². The first-order chi connectivity index (χ1) is 11.7. The molecule has 0 N–H and O–H groups in total. The Morgan fingerprint density at radius 2 is 2.21 bits per heavy atom. The monoisotopic (exact) mass is 360 g/mol. The fraction of sp³-hybridized carbons (Fsp3) is 0.0625. The highest BCUT2D eigenvalue weighted by Gasteiger charge is 2.15. The number of halogens is 1. The fourth-order valence-electron chi connectivity index (χ4n) is 2.14. The molecule has 4 aromatic rings. The van der Waals surface area contributed by atoms with Crippen LogP contribution in [0.4, 0.5) is 4.39 Å². The van der Waals surface area contributed by atoms with Crippen LogP contribution in [0.3, 0.4) is 0 Å². The summed E-state index contributed by atoms with van der Waals surface area (Å²) in [6.45, 7) is -0.113. The summed E-state index contributed by atoms with van der Waals surface area (Å²) in [4.78, 5) is 16.7. The van der Waals surface area contributed by atoms with E-state index in [0.717, 1.165) is 10.3 Å². The Morgan fingerprint density at radius 1 is 1.29 bits per heavy atom. The average molecular weight is 360 g/mol. The van der Waals surface area contributed by atoms with E-state index >= 15 is 0 Å². The van der Waals surface area contributed by atoms with Crippen LogP contribution in [0, 0.1) is 5.82 Å². The van der Waals surface area contributed by atoms with Gasteiger partial charge in [0.1, 0.15) is 10.7 Å². The fourth-order valence-corrected chi connectivity index (χ4v) is 3.71. The van der Waals surface area contributed by atoms with E-state index in [4.69, 9.17) is 9.26 Å². The molecule has 120 valence electrons. The maximum atomic E-state index is 13.2. The minimum atomic E-state index is -0.508. The summed E-state index contributed by atoms with van der Waals surface area (Å²) < 4.78 is 24.3. The van der Waals surface area contributed by atoms with Crippen molar-refractivity contribution in [2.24, 2.45) is 0 Å². The molecule has 4 rings (SSSR count). The molecule has 0 saturated carbocycles. The molecule has 0 aliphatic rings. The molecule has 8 heteroatoms. The number of thiophene rings is 2. The predicted octanol–water partition coefficient (Wildman–Crippen LogP) is 4.51. The molecule has 3 heterocycles. The van der Waals surface area contributed by atoms with Crippen molar-refractivity contribution in [2.75, 3.05) is 0 Å². The number of nitrogens with zero attached hydrogens (tertiary/aromatic N) is 2. The number of fused-ring (bicyclic) bond motifs is 1. The Morgan fingerprint density at radius 3 is 3.04 bits per heavy atom. The third-order valence-electron chi connectivity index (χ3n) is 3.25. The molecule has 3 aromatic heterocycles. The number of hydrogen-bond donors (Lipinski definition) is 0. The Hall–Kier alpha value is -2.58. The van der Waals surface area contributed by atoms with Crippen molar-refractivity contribution >= 4 is 38.7 Å². The Bertz CT molecular complexity index is 1010. The third kappa shape index (κ3) is 2.93. The van der Waals surface area contributed by atoms with Gasteiger partial charge < -0.3 is 9.26 Å². The second-order valence-electron chi connectivity index (χ2n) is 4.89. The molecule has 0 saturated heterocycles. The Kier molecular flexibility index (Phi) is 3.83. The van der Waals surface area contributed by atoms with Gasteiger partial charge in [0.15, 0.2) is 6.61 Å². The van der Waals surface area contributed by atoms with Crippen LogP contribution < -0.4 is 0 Å². The van der Waals surface area contributed by atoms with E-state index in [1.165, 1.54) is 34.8 Å². The normalized spacial score (nSPS) is 11.0. The maximum Gasteiger partial charge on any atom is 0.348 e. The summed E-state index contributed by atoms with van der Waals surface area (Å²) >= 11 is 2.78. The first-order valence-corrected chi connectivity index (χ1v) is 8.66. The van der Waals surface area contributed by atoms with Gasteiger partial charge in [-0.15, -0.1) is 11.3 Å². The molecule has 0 aliphatic carbocycles. The van der Waals surface area contributed by atoms with Crippen molar-refractivity contribution in [3.8, 4) is 11.4 Å². The van der Waals surface area contributed by atoms with Crippen molar-refractivity contribution in [3.63, 3.8) is 0 Å². The van der Waals surface area contributed by atoms with Crippen LogP contribution in [0.2, 0.25) is 0 Å². The maximum absolute atomic E-state index is 13.2. The molecule has 24 heavy (non-hydrogen) atoms. The van der Waals surface area contributed by atoms with Gasteiger partial charge in [-0.1, -0.05) is 5.16 Å². The van der Waals surface area contributed by atoms with Crippen LogP contribution in [-0.4, -0.2) is 16.1 Å². The number of aromatic nitrogens is 2. The van der Waals surface area contributed by atoms with E-state index in [1.54, 1.807) is 12.1 Å². The first-order valence-electron chi connectivity index (χ1n) is 6.90. The van der Waals surface area contributed by atoms with Crippen molar-refractivity contribution < 1.29 is 18.4 Å². The second-order valence-corrected chi connectivity index (χ2v) is 6.76. The summed E-state index contributed by atoms with van der Waals surface area (Å²) in [6.07, 6.45) is 0. The van der Waals surface area contributed by atoms with Crippen LogP contribution in [0.5, 0.6) is 0 Å². The van der Waals surface area contributed by atoms with Gasteiger partial charge in [0.2, 0.25) is 5.82 Å². The summed E-state index contributed by atoms with van der Waals surface area (Å²) in [7, 11) is 0. The highest BCUT2D eigenvalue weighted by atomic mass is 32.1. The molecule has 0 radical (unpaired) electrons. The van der Waals surface area contributed by atoms with Crippen molar-refractivity contribution in [1.82, 2.24) is 10.1 Å². The lowest BCUT2D eigenvalue weighted by atomic mass is 10.2. The van der Waals surface area contributed by atoms with E-state index in [9.17, 15) is 9.18 Å². The zero-order valence-corrected chi connectivity index (χ0v) is 13.7. The van der Waals surface area contributed by atoms with E-state index in [-0.39, 0.29) is 18.3 Å². The highest BCUT2D eigenvalue weighted by Crippen LogP contribution is 2.27. The van der Waals surface area contributed by atoms with Gasteiger partial charge in [-0.2, -0.15) is 16.3 Å². The van der Waals surface area contributed by atoms with Gasteiger partial charge in [0, 0.05) is 15.6 Å². The molecule has 0 fully saturated rings. The van der Waals surface area contributed by atoms with E-state index in [1.807, 2.05) is 16.8 Å². The smallest absolute Gasteiger partial charge is 0.348 e. The number of carbonyl (C=O) groups excluding carboxylic acids is 1. The number of rotatable bonds is 4. The quantitative estimate of drug-likeness (QED) is 0.501. The number of esters is 1. The minimum Gasteiger partial charge on any atom is -0.451 e. The highest BCUT2D eigenvalue weighted by molar-refractivity contribution is 7.20. The van der Waals surface area contributed by atoms with E-state index < -0.39 is 5.97 Å². The van der Waals surface area contributed by atoms with Crippen molar-refractivity contribution in [3.05, 3.63) is 57.7 Å². The summed E-state index contributed by atoms with van der Waals surface area (Å²) in [5.74, 6) is -0.171. The molecular formula is C16H9FN2O3S2. The number of hydrogen-bond acceptors (Lipinski definition) is 7. The Balaban J connectivity index is 1.46. The van der Waals surface area contributed by atoms with Gasteiger partial charge >= 0.3 is 5.97 Å². The van der Waals surface area contributed by atoms with E-state index in [2.05, 4.69) is 10.1 Å². The molecule has 0 unspecified atom stereocenters. The molecule has 0 spiro atoms. The van der Waals surface area contributed by atoms with Gasteiger partial charge in [-0.05, 0) is 41.1 Å². The Labute approximate surface area is 143 Å². The molecule has 0 bridgehead atoms. The summed E-state index contributed by atoms with van der Waals surface area (Å²) in [5, 5.41) is 8.33. The van der Waals surface area contributed by atoms with Crippen LogP contribution in [0.15, 0.2) is 45.6 Å². The molecule has 0 aliphatic heterocycles. The van der Waals surface area contributed by atoms with E-state index in [0.29, 0.717) is 16.1 Å². The standard InChI is InChI=1S/C16H9FN2O3S2/c17-11-1-2-12-10(5-11)6-13(24-12)16(20)21-7-14-18-15(19-22-14)9-3-4-23-8-9/h1-6,8H,7H2. The zero-order chi connectivity index (χ0) is 16.5. The number of benzene rings is 1.